The lowest BCUT2D eigenvalue weighted by atomic mass is 10.1. The van der Waals surface area contributed by atoms with E-state index in [4.69, 9.17) is 4.74 Å². The lowest BCUT2D eigenvalue weighted by Crippen LogP contribution is -2.37. The van der Waals surface area contributed by atoms with Gasteiger partial charge in [0.2, 0.25) is 0 Å². The first-order valence-corrected chi connectivity index (χ1v) is 6.67. The van der Waals surface area contributed by atoms with Gasteiger partial charge in [-0.2, -0.15) is 0 Å². The fraction of sp³-hybridized carbons (Fsp3) is 0.786. The SMILES string of the molecule is C=C(CCCCC)CN1CCCC1C(=O)OC. The van der Waals surface area contributed by atoms with E-state index in [9.17, 15) is 4.79 Å². The molecule has 1 fully saturated rings. The Labute approximate surface area is 105 Å². The first kappa shape index (κ1) is 14.2. The molecular weight excluding hydrogens is 214 g/mol. The number of rotatable bonds is 7. The Morgan fingerprint density at radius 3 is 2.88 bits per heavy atom. The standard InChI is InChI=1S/C14H25NO2/c1-4-5-6-8-12(2)11-15-10-7-9-13(15)14(16)17-3/h13H,2,4-11H2,1,3H3. The van der Waals surface area contributed by atoms with Crippen LogP contribution in [0.1, 0.15) is 45.4 Å². The Balaban J connectivity index is 2.34. The topological polar surface area (TPSA) is 29.5 Å². The van der Waals surface area contributed by atoms with E-state index >= 15 is 0 Å². The number of hydrogen-bond donors (Lipinski definition) is 0. The second-order valence-corrected chi connectivity index (χ2v) is 4.86. The van der Waals surface area contributed by atoms with Crippen molar-refractivity contribution in [2.24, 2.45) is 0 Å². The first-order chi connectivity index (χ1) is 8.19. The third-order valence-corrected chi connectivity index (χ3v) is 3.40. The van der Waals surface area contributed by atoms with Crippen LogP contribution in [0.4, 0.5) is 0 Å². The Morgan fingerprint density at radius 1 is 1.47 bits per heavy atom. The first-order valence-electron chi connectivity index (χ1n) is 6.67. The van der Waals surface area contributed by atoms with Crippen LogP contribution in [0.3, 0.4) is 0 Å². The summed E-state index contributed by atoms with van der Waals surface area (Å²) in [6.45, 7) is 8.16. The molecule has 0 bridgehead atoms. The molecule has 3 heteroatoms. The van der Waals surface area contributed by atoms with Gasteiger partial charge in [-0.25, -0.2) is 0 Å². The third kappa shape index (κ3) is 4.50. The number of nitrogens with zero attached hydrogens (tertiary/aromatic N) is 1. The zero-order valence-electron chi connectivity index (χ0n) is 11.2. The van der Waals surface area contributed by atoms with Gasteiger partial charge in [-0.05, 0) is 32.2 Å². The van der Waals surface area contributed by atoms with E-state index in [0.717, 1.165) is 32.4 Å². The minimum Gasteiger partial charge on any atom is -0.468 e. The molecule has 0 N–H and O–H groups in total. The number of ether oxygens (including phenoxy) is 1. The summed E-state index contributed by atoms with van der Waals surface area (Å²) in [5.41, 5.74) is 1.24. The van der Waals surface area contributed by atoms with Gasteiger partial charge in [0.15, 0.2) is 0 Å². The van der Waals surface area contributed by atoms with Crippen molar-refractivity contribution in [3.05, 3.63) is 12.2 Å². The fourth-order valence-electron chi connectivity index (χ4n) is 2.41. The van der Waals surface area contributed by atoms with Crippen molar-refractivity contribution in [2.45, 2.75) is 51.5 Å². The monoisotopic (exact) mass is 239 g/mol. The van der Waals surface area contributed by atoms with Crippen LogP contribution in [0.25, 0.3) is 0 Å². The van der Waals surface area contributed by atoms with Crippen molar-refractivity contribution in [2.75, 3.05) is 20.2 Å². The molecule has 0 aromatic rings. The number of esters is 1. The van der Waals surface area contributed by atoms with Crippen molar-refractivity contribution in [1.29, 1.82) is 0 Å². The Kier molecular flexibility index (Phi) is 6.27. The molecule has 1 saturated heterocycles. The number of methoxy groups -OCH3 is 1. The zero-order valence-corrected chi connectivity index (χ0v) is 11.2. The number of carbonyl (C=O) groups excluding carboxylic acids is 1. The normalized spacial score (nSPS) is 20.5. The van der Waals surface area contributed by atoms with E-state index in [1.165, 1.54) is 31.9 Å². The highest BCUT2D eigenvalue weighted by molar-refractivity contribution is 5.76. The van der Waals surface area contributed by atoms with Crippen molar-refractivity contribution in [3.8, 4) is 0 Å². The number of unbranched alkanes of at least 4 members (excludes halogenated alkanes) is 2. The van der Waals surface area contributed by atoms with Crippen molar-refractivity contribution < 1.29 is 9.53 Å². The van der Waals surface area contributed by atoms with Crippen molar-refractivity contribution in [3.63, 3.8) is 0 Å². The lowest BCUT2D eigenvalue weighted by molar-refractivity contribution is -0.145. The molecule has 0 aliphatic carbocycles. The summed E-state index contributed by atoms with van der Waals surface area (Å²) in [4.78, 5) is 13.8. The maximum atomic E-state index is 11.6. The third-order valence-electron chi connectivity index (χ3n) is 3.40. The second-order valence-electron chi connectivity index (χ2n) is 4.86. The lowest BCUT2D eigenvalue weighted by Gasteiger charge is -2.23. The summed E-state index contributed by atoms with van der Waals surface area (Å²) in [7, 11) is 1.47. The summed E-state index contributed by atoms with van der Waals surface area (Å²) < 4.78 is 4.83. The van der Waals surface area contributed by atoms with E-state index in [1.54, 1.807) is 0 Å². The van der Waals surface area contributed by atoms with Crippen LogP contribution in [0, 0.1) is 0 Å². The van der Waals surface area contributed by atoms with E-state index in [0.29, 0.717) is 0 Å². The largest absolute Gasteiger partial charge is 0.468 e. The van der Waals surface area contributed by atoms with Gasteiger partial charge in [-0.3, -0.25) is 9.69 Å². The molecule has 1 aliphatic rings. The summed E-state index contributed by atoms with van der Waals surface area (Å²) in [6, 6.07) is -0.0390. The molecule has 98 valence electrons. The molecule has 0 radical (unpaired) electrons. The molecule has 3 nitrogen and oxygen atoms in total. The average molecular weight is 239 g/mol. The number of carbonyl (C=O) groups is 1. The Hall–Kier alpha value is -0.830. The van der Waals surface area contributed by atoms with E-state index in [2.05, 4.69) is 18.4 Å². The minimum absolute atomic E-state index is 0.0390. The predicted molar refractivity (Wildman–Crippen MR) is 69.9 cm³/mol. The van der Waals surface area contributed by atoms with Gasteiger partial charge in [0.1, 0.15) is 6.04 Å². The van der Waals surface area contributed by atoms with Gasteiger partial charge in [-0.15, -0.1) is 0 Å². The molecule has 17 heavy (non-hydrogen) atoms. The highest BCUT2D eigenvalue weighted by atomic mass is 16.5. The molecular formula is C14H25NO2. The molecule has 1 atom stereocenters. The fourth-order valence-corrected chi connectivity index (χ4v) is 2.41. The zero-order chi connectivity index (χ0) is 12.7. The molecule has 1 aliphatic heterocycles. The molecule has 0 aromatic heterocycles. The van der Waals surface area contributed by atoms with E-state index in [1.807, 2.05) is 0 Å². The molecule has 1 heterocycles. The van der Waals surface area contributed by atoms with E-state index < -0.39 is 0 Å². The van der Waals surface area contributed by atoms with Crippen LogP contribution in [0.5, 0.6) is 0 Å². The maximum Gasteiger partial charge on any atom is 0.323 e. The van der Waals surface area contributed by atoms with Crippen molar-refractivity contribution >= 4 is 5.97 Å². The second kappa shape index (κ2) is 7.49. The van der Waals surface area contributed by atoms with Gasteiger partial charge < -0.3 is 4.74 Å². The summed E-state index contributed by atoms with van der Waals surface area (Å²) >= 11 is 0. The van der Waals surface area contributed by atoms with Crippen LogP contribution in [0.15, 0.2) is 12.2 Å². The predicted octanol–water partition coefficient (Wildman–Crippen LogP) is 2.76. The molecule has 1 rings (SSSR count). The molecule has 0 aromatic carbocycles. The van der Waals surface area contributed by atoms with Crippen molar-refractivity contribution in [1.82, 2.24) is 4.90 Å². The van der Waals surface area contributed by atoms with Crippen LogP contribution in [-0.2, 0) is 9.53 Å². The summed E-state index contributed by atoms with van der Waals surface area (Å²) in [5.74, 6) is -0.0936. The number of likely N-dealkylation sites (tertiary alicyclic amines) is 1. The van der Waals surface area contributed by atoms with Gasteiger partial charge >= 0.3 is 5.97 Å². The molecule has 0 spiro atoms. The summed E-state index contributed by atoms with van der Waals surface area (Å²) in [5, 5.41) is 0. The van der Waals surface area contributed by atoms with Crippen LogP contribution < -0.4 is 0 Å². The Bertz CT molecular complexity index is 263. The van der Waals surface area contributed by atoms with Crippen LogP contribution in [-0.4, -0.2) is 37.1 Å². The van der Waals surface area contributed by atoms with Gasteiger partial charge in [0, 0.05) is 6.54 Å². The minimum atomic E-state index is -0.0936. The number of hydrogen-bond acceptors (Lipinski definition) is 3. The highest BCUT2D eigenvalue weighted by Gasteiger charge is 2.31. The van der Waals surface area contributed by atoms with Gasteiger partial charge in [0.25, 0.3) is 0 Å². The van der Waals surface area contributed by atoms with Gasteiger partial charge in [0.05, 0.1) is 7.11 Å². The average Bonchev–Trinajstić information content (AvgIpc) is 2.76. The smallest absolute Gasteiger partial charge is 0.323 e. The highest BCUT2D eigenvalue weighted by Crippen LogP contribution is 2.20. The summed E-state index contributed by atoms with van der Waals surface area (Å²) in [6.07, 6.45) is 6.81. The van der Waals surface area contributed by atoms with Crippen LogP contribution in [0.2, 0.25) is 0 Å². The quantitative estimate of drug-likeness (QED) is 0.389. The molecule has 0 amide bonds. The Morgan fingerprint density at radius 2 is 2.24 bits per heavy atom. The van der Waals surface area contributed by atoms with Crippen LogP contribution >= 0.6 is 0 Å². The molecule has 0 saturated carbocycles. The van der Waals surface area contributed by atoms with Gasteiger partial charge in [-0.1, -0.05) is 31.9 Å². The maximum absolute atomic E-state index is 11.6. The van der Waals surface area contributed by atoms with E-state index in [-0.39, 0.29) is 12.0 Å². The molecule has 1 unspecified atom stereocenters.